The van der Waals surface area contributed by atoms with E-state index in [2.05, 4.69) is 48.5 Å². The average Bonchev–Trinajstić information content (AvgIpc) is 2.39. The van der Waals surface area contributed by atoms with E-state index in [1.54, 1.807) is 0 Å². The molecule has 0 aliphatic heterocycles. The molecule has 0 unspecified atom stereocenters. The standard InChI is InChI=1S/C10H8.C5H6O4.Zn/c1-2-6-10-8-4-3-7-9(10)5-1;1-3(5(8)9)2-4(6)7;/h1-8H;2H,1H3,(H,6,7)(H,8,9);. The molecule has 2 rings (SSSR count). The Kier molecular flexibility index (Phi) is 8.10. The number of hydrogen-bond acceptors (Lipinski definition) is 2. The van der Waals surface area contributed by atoms with Crippen LogP contribution < -0.4 is 0 Å². The van der Waals surface area contributed by atoms with Crippen LogP contribution in [0.15, 0.2) is 60.2 Å². The number of carbonyl (C=O) groups is 2. The smallest absolute Gasteiger partial charge is 0.331 e. The zero-order valence-corrected chi connectivity index (χ0v) is 14.1. The first-order valence-corrected chi connectivity index (χ1v) is 5.59. The van der Waals surface area contributed by atoms with Crippen LogP contribution in [0.3, 0.4) is 0 Å². The molecule has 100 valence electrons. The topological polar surface area (TPSA) is 74.6 Å². The van der Waals surface area contributed by atoms with Gasteiger partial charge in [0, 0.05) is 31.1 Å². The van der Waals surface area contributed by atoms with E-state index in [1.807, 2.05) is 0 Å². The molecular formula is C15H14O4Zn. The van der Waals surface area contributed by atoms with Crippen LogP contribution in [0.1, 0.15) is 6.92 Å². The van der Waals surface area contributed by atoms with Gasteiger partial charge in [-0.25, -0.2) is 9.59 Å². The largest absolute Gasteiger partial charge is 0.478 e. The van der Waals surface area contributed by atoms with E-state index in [4.69, 9.17) is 10.2 Å². The molecule has 4 nitrogen and oxygen atoms in total. The number of aliphatic carboxylic acids is 2. The fourth-order valence-corrected chi connectivity index (χ4v) is 1.38. The molecule has 0 aromatic heterocycles. The number of hydrogen-bond donors (Lipinski definition) is 2. The third-order valence-electron chi connectivity index (χ3n) is 2.34. The molecule has 0 atom stereocenters. The molecule has 0 saturated heterocycles. The predicted octanol–water partition coefficient (Wildman–Crippen LogP) is 2.94. The summed E-state index contributed by atoms with van der Waals surface area (Å²) in [6, 6.07) is 16.7. The van der Waals surface area contributed by atoms with Crippen molar-refractivity contribution < 1.29 is 39.3 Å². The Labute approximate surface area is 129 Å². The van der Waals surface area contributed by atoms with E-state index in [0.29, 0.717) is 6.08 Å². The van der Waals surface area contributed by atoms with Crippen LogP contribution in [-0.4, -0.2) is 22.2 Å². The van der Waals surface area contributed by atoms with Crippen molar-refractivity contribution in [2.45, 2.75) is 6.92 Å². The third kappa shape index (κ3) is 6.25. The van der Waals surface area contributed by atoms with E-state index in [9.17, 15) is 9.59 Å². The summed E-state index contributed by atoms with van der Waals surface area (Å²) in [5.41, 5.74) is -0.178. The van der Waals surface area contributed by atoms with Gasteiger partial charge in [0.05, 0.1) is 0 Å². The Bertz CT molecular complexity index is 555. The van der Waals surface area contributed by atoms with Gasteiger partial charge in [-0.3, -0.25) is 0 Å². The average molecular weight is 324 g/mol. The Balaban J connectivity index is 0.000000347. The first-order valence-electron chi connectivity index (χ1n) is 5.59. The molecule has 0 radical (unpaired) electrons. The summed E-state index contributed by atoms with van der Waals surface area (Å²) in [6.07, 6.45) is 0.641. The SMILES string of the molecule is CC(=CC(=O)O)C(=O)O.[Zn].c1ccc2ccccc2c1. The minimum absolute atomic E-state index is 0. The molecule has 0 saturated carbocycles. The van der Waals surface area contributed by atoms with Crippen LogP contribution in [0.25, 0.3) is 10.8 Å². The van der Waals surface area contributed by atoms with Gasteiger partial charge in [0.1, 0.15) is 0 Å². The van der Waals surface area contributed by atoms with Gasteiger partial charge in [-0.15, -0.1) is 0 Å². The van der Waals surface area contributed by atoms with Crippen molar-refractivity contribution in [3.63, 3.8) is 0 Å². The molecular weight excluding hydrogens is 310 g/mol. The van der Waals surface area contributed by atoms with Crippen LogP contribution in [0, 0.1) is 0 Å². The fraction of sp³-hybridized carbons (Fsp3) is 0.0667. The van der Waals surface area contributed by atoms with Crippen molar-refractivity contribution in [1.82, 2.24) is 0 Å². The summed E-state index contributed by atoms with van der Waals surface area (Å²) in [4.78, 5) is 19.7. The van der Waals surface area contributed by atoms with Crippen LogP contribution in [0.2, 0.25) is 0 Å². The molecule has 0 aliphatic carbocycles. The summed E-state index contributed by atoms with van der Waals surface area (Å²) in [5, 5.41) is 18.7. The van der Waals surface area contributed by atoms with E-state index in [1.165, 1.54) is 17.7 Å². The Morgan fingerprint density at radius 2 is 1.25 bits per heavy atom. The second kappa shape index (κ2) is 8.99. The van der Waals surface area contributed by atoms with Crippen LogP contribution >= 0.6 is 0 Å². The quantitative estimate of drug-likeness (QED) is 0.658. The van der Waals surface area contributed by atoms with Gasteiger partial charge in [0.15, 0.2) is 0 Å². The van der Waals surface area contributed by atoms with E-state index >= 15 is 0 Å². The van der Waals surface area contributed by atoms with Crippen molar-refractivity contribution in [3.05, 3.63) is 60.2 Å². The molecule has 2 N–H and O–H groups in total. The summed E-state index contributed by atoms with van der Waals surface area (Å²) < 4.78 is 0. The van der Waals surface area contributed by atoms with Gasteiger partial charge in [-0.2, -0.15) is 0 Å². The molecule has 0 spiro atoms. The van der Waals surface area contributed by atoms with E-state index in [-0.39, 0.29) is 25.1 Å². The molecule has 2 aromatic rings. The van der Waals surface area contributed by atoms with E-state index < -0.39 is 11.9 Å². The number of benzene rings is 2. The fourth-order valence-electron chi connectivity index (χ4n) is 1.38. The first kappa shape index (κ1) is 18.0. The number of rotatable bonds is 2. The maximum absolute atomic E-state index is 9.90. The molecule has 0 heterocycles. The van der Waals surface area contributed by atoms with Crippen molar-refractivity contribution in [2.24, 2.45) is 0 Å². The normalized spacial score (nSPS) is 9.95. The summed E-state index contributed by atoms with van der Waals surface area (Å²) in [5.74, 6) is -2.45. The van der Waals surface area contributed by atoms with E-state index in [0.717, 1.165) is 0 Å². The van der Waals surface area contributed by atoms with Crippen molar-refractivity contribution in [3.8, 4) is 0 Å². The minimum atomic E-state index is -1.24. The Morgan fingerprint density at radius 3 is 1.45 bits per heavy atom. The molecule has 0 aliphatic rings. The monoisotopic (exact) mass is 322 g/mol. The van der Waals surface area contributed by atoms with Crippen molar-refractivity contribution in [2.75, 3.05) is 0 Å². The number of carboxylic acid groups (broad SMARTS) is 2. The Hall–Kier alpha value is -2.00. The molecule has 0 amide bonds. The van der Waals surface area contributed by atoms with Gasteiger partial charge in [-0.1, -0.05) is 48.5 Å². The third-order valence-corrected chi connectivity index (χ3v) is 2.34. The second-order valence-electron chi connectivity index (χ2n) is 3.82. The minimum Gasteiger partial charge on any atom is -0.478 e. The van der Waals surface area contributed by atoms with Gasteiger partial charge < -0.3 is 10.2 Å². The van der Waals surface area contributed by atoms with Crippen LogP contribution in [-0.2, 0) is 29.1 Å². The predicted molar refractivity (Wildman–Crippen MR) is 73.0 cm³/mol. The van der Waals surface area contributed by atoms with Crippen molar-refractivity contribution in [1.29, 1.82) is 0 Å². The summed E-state index contributed by atoms with van der Waals surface area (Å²) in [6.45, 7) is 1.22. The number of fused-ring (bicyclic) bond motifs is 1. The summed E-state index contributed by atoms with van der Waals surface area (Å²) >= 11 is 0. The molecule has 0 fully saturated rings. The molecule has 20 heavy (non-hydrogen) atoms. The zero-order chi connectivity index (χ0) is 14.3. The second-order valence-corrected chi connectivity index (χ2v) is 3.82. The maximum Gasteiger partial charge on any atom is 0.331 e. The van der Waals surface area contributed by atoms with Crippen LogP contribution in [0.4, 0.5) is 0 Å². The van der Waals surface area contributed by atoms with Gasteiger partial charge in [0.2, 0.25) is 0 Å². The summed E-state index contributed by atoms with van der Waals surface area (Å²) in [7, 11) is 0. The maximum atomic E-state index is 9.90. The molecule has 5 heteroatoms. The van der Waals surface area contributed by atoms with Gasteiger partial charge in [-0.05, 0) is 17.7 Å². The Morgan fingerprint density at radius 1 is 0.900 bits per heavy atom. The molecule has 2 aromatic carbocycles. The molecule has 0 bridgehead atoms. The van der Waals surface area contributed by atoms with Gasteiger partial charge >= 0.3 is 11.9 Å². The van der Waals surface area contributed by atoms with Crippen molar-refractivity contribution >= 4 is 22.7 Å². The number of carboxylic acids is 2. The van der Waals surface area contributed by atoms with Gasteiger partial charge in [0.25, 0.3) is 0 Å². The first-order chi connectivity index (χ1) is 9.00. The van der Waals surface area contributed by atoms with Crippen LogP contribution in [0.5, 0.6) is 0 Å². The zero-order valence-electron chi connectivity index (χ0n) is 11.1.